The predicted octanol–water partition coefficient (Wildman–Crippen LogP) is 5.84. The molecule has 2 aliphatic rings. The van der Waals surface area contributed by atoms with Crippen LogP contribution in [-0.4, -0.2) is 66.7 Å². The van der Waals surface area contributed by atoms with Gasteiger partial charge in [0.05, 0.1) is 10.9 Å². The molecule has 2 aromatic rings. The van der Waals surface area contributed by atoms with Gasteiger partial charge < -0.3 is 19.9 Å². The summed E-state index contributed by atoms with van der Waals surface area (Å²) < 4.78 is 5.34. The van der Waals surface area contributed by atoms with Gasteiger partial charge in [-0.05, 0) is 76.4 Å². The second-order valence-corrected chi connectivity index (χ2v) is 11.9. The molecule has 0 unspecified atom stereocenters. The summed E-state index contributed by atoms with van der Waals surface area (Å²) in [6.07, 6.45) is 3.55. The smallest absolute Gasteiger partial charge is 0.407 e. The maximum atomic E-state index is 13.3. The van der Waals surface area contributed by atoms with Crippen molar-refractivity contribution in [2.75, 3.05) is 33.2 Å². The number of hydrogen-bond acceptors (Lipinski definition) is 5. The number of alkyl carbamates (subject to hydrolysis) is 1. The Bertz CT molecular complexity index is 1150. The lowest BCUT2D eigenvalue weighted by atomic mass is 9.98. The van der Waals surface area contributed by atoms with Crippen molar-refractivity contribution in [2.24, 2.45) is 0 Å². The van der Waals surface area contributed by atoms with E-state index in [2.05, 4.69) is 35.5 Å². The molecular weight excluding hydrogens is 482 g/mol. The molecule has 188 valence electrons. The number of likely N-dealkylation sites (N-methyl/N-ethyl adjacent to an activating group) is 1. The largest absolute Gasteiger partial charge is 0.444 e. The highest BCUT2D eigenvalue weighted by molar-refractivity contribution is 7.17. The number of likely N-dealkylation sites (tertiary alicyclic amines) is 1. The van der Waals surface area contributed by atoms with Gasteiger partial charge in [-0.15, -0.1) is 11.3 Å². The molecule has 2 aliphatic heterocycles. The van der Waals surface area contributed by atoms with Crippen LogP contribution < -0.4 is 5.32 Å². The quantitative estimate of drug-likeness (QED) is 0.556. The third-order valence-electron chi connectivity index (χ3n) is 6.33. The number of nitrogens with one attached hydrogen (secondary N) is 1. The Morgan fingerprint density at radius 3 is 2.63 bits per heavy atom. The SMILES string of the molecule is Cc1cc(-c2ccc(C3=CCN(C)CC3)cc2Cl)sc1C(=O)N1CC[C@H](NC(=O)OC(C)(C)C)C1. The van der Waals surface area contributed by atoms with Crippen LogP contribution in [0.25, 0.3) is 16.0 Å². The van der Waals surface area contributed by atoms with Crippen molar-refractivity contribution in [1.29, 1.82) is 0 Å². The van der Waals surface area contributed by atoms with Crippen LogP contribution in [0.5, 0.6) is 0 Å². The van der Waals surface area contributed by atoms with E-state index < -0.39 is 11.7 Å². The topological polar surface area (TPSA) is 61.9 Å². The summed E-state index contributed by atoms with van der Waals surface area (Å²) in [5.41, 5.74) is 3.83. The van der Waals surface area contributed by atoms with E-state index in [4.69, 9.17) is 16.3 Å². The van der Waals surface area contributed by atoms with Gasteiger partial charge in [0.15, 0.2) is 0 Å². The lowest BCUT2D eigenvalue weighted by Gasteiger charge is -2.22. The Hall–Kier alpha value is -2.35. The van der Waals surface area contributed by atoms with Crippen LogP contribution in [0.15, 0.2) is 30.3 Å². The van der Waals surface area contributed by atoms with Crippen LogP contribution >= 0.6 is 22.9 Å². The highest BCUT2D eigenvalue weighted by Gasteiger charge is 2.31. The average Bonchev–Trinajstić information content (AvgIpc) is 3.39. The standard InChI is InChI=1S/C27H34ClN3O3S/c1-17-14-23(21-7-6-19(15-22(21)28)18-8-11-30(5)12-9-18)35-24(17)25(32)31-13-10-20(16-31)29-26(33)34-27(2,3)4/h6-8,14-15,20H,9-13,16H2,1-5H3,(H,29,33)/t20-/m0/s1. The number of amides is 2. The van der Waals surface area contributed by atoms with E-state index in [-0.39, 0.29) is 11.9 Å². The molecule has 0 aliphatic carbocycles. The van der Waals surface area contributed by atoms with Crippen molar-refractivity contribution in [2.45, 2.75) is 52.2 Å². The molecule has 1 aromatic carbocycles. The Morgan fingerprint density at radius 2 is 1.97 bits per heavy atom. The number of halogens is 1. The van der Waals surface area contributed by atoms with Gasteiger partial charge in [0.25, 0.3) is 5.91 Å². The summed E-state index contributed by atoms with van der Waals surface area (Å²) in [6, 6.07) is 8.16. The number of aryl methyl sites for hydroxylation is 1. The molecule has 1 fully saturated rings. The predicted molar refractivity (Wildman–Crippen MR) is 143 cm³/mol. The van der Waals surface area contributed by atoms with Crippen molar-refractivity contribution >= 4 is 40.5 Å². The number of carbonyl (C=O) groups excluding carboxylic acids is 2. The molecule has 1 N–H and O–H groups in total. The summed E-state index contributed by atoms with van der Waals surface area (Å²) >= 11 is 8.19. The number of carbonyl (C=O) groups is 2. The summed E-state index contributed by atoms with van der Waals surface area (Å²) in [5.74, 6) is -0.00328. The van der Waals surface area contributed by atoms with Gasteiger partial charge in [-0.1, -0.05) is 29.8 Å². The van der Waals surface area contributed by atoms with E-state index in [1.807, 2.05) is 44.7 Å². The number of nitrogens with zero attached hydrogens (tertiary/aromatic N) is 2. The summed E-state index contributed by atoms with van der Waals surface area (Å²) in [6.45, 7) is 10.5. The van der Waals surface area contributed by atoms with Gasteiger partial charge in [0.2, 0.25) is 0 Å². The highest BCUT2D eigenvalue weighted by atomic mass is 35.5. The first kappa shape index (κ1) is 25.7. The van der Waals surface area contributed by atoms with Crippen molar-refractivity contribution < 1.29 is 14.3 Å². The minimum absolute atomic E-state index is 0.00328. The molecule has 0 bridgehead atoms. The van der Waals surface area contributed by atoms with Crippen LogP contribution in [0.1, 0.15) is 54.4 Å². The van der Waals surface area contributed by atoms with E-state index in [0.717, 1.165) is 46.0 Å². The lowest BCUT2D eigenvalue weighted by molar-refractivity contribution is 0.0502. The molecule has 0 spiro atoms. The third-order valence-corrected chi connectivity index (χ3v) is 7.90. The lowest BCUT2D eigenvalue weighted by Crippen LogP contribution is -2.41. The van der Waals surface area contributed by atoms with E-state index in [9.17, 15) is 9.59 Å². The van der Waals surface area contributed by atoms with Gasteiger partial charge in [-0.2, -0.15) is 0 Å². The monoisotopic (exact) mass is 515 g/mol. The van der Waals surface area contributed by atoms with Crippen LogP contribution in [0.4, 0.5) is 4.79 Å². The molecule has 0 radical (unpaired) electrons. The summed E-state index contributed by atoms with van der Waals surface area (Å²) in [5, 5.41) is 3.58. The Balaban J connectivity index is 1.44. The Labute approximate surface area is 216 Å². The van der Waals surface area contributed by atoms with Crippen molar-refractivity contribution in [3.8, 4) is 10.4 Å². The number of thiophene rings is 1. The first-order chi connectivity index (χ1) is 16.5. The molecule has 35 heavy (non-hydrogen) atoms. The van der Waals surface area contributed by atoms with Gasteiger partial charge in [-0.3, -0.25) is 4.79 Å². The number of hydrogen-bond donors (Lipinski definition) is 1. The van der Waals surface area contributed by atoms with E-state index in [0.29, 0.717) is 24.5 Å². The molecule has 1 saturated heterocycles. The van der Waals surface area contributed by atoms with Gasteiger partial charge in [-0.25, -0.2) is 4.79 Å². The molecule has 1 aromatic heterocycles. The molecule has 1 atom stereocenters. The number of ether oxygens (including phenoxy) is 1. The highest BCUT2D eigenvalue weighted by Crippen LogP contribution is 2.38. The fraction of sp³-hybridized carbons (Fsp3) is 0.481. The van der Waals surface area contributed by atoms with Crippen molar-refractivity contribution in [3.63, 3.8) is 0 Å². The van der Waals surface area contributed by atoms with Crippen LogP contribution in [-0.2, 0) is 4.74 Å². The first-order valence-corrected chi connectivity index (χ1v) is 13.3. The van der Waals surface area contributed by atoms with Crippen LogP contribution in [0, 0.1) is 6.92 Å². The van der Waals surface area contributed by atoms with Gasteiger partial charge >= 0.3 is 6.09 Å². The van der Waals surface area contributed by atoms with Crippen molar-refractivity contribution in [3.05, 3.63) is 51.4 Å². The summed E-state index contributed by atoms with van der Waals surface area (Å²) in [4.78, 5) is 31.2. The molecule has 8 heteroatoms. The zero-order chi connectivity index (χ0) is 25.3. The van der Waals surface area contributed by atoms with E-state index in [1.165, 1.54) is 16.9 Å². The third kappa shape index (κ3) is 6.26. The normalized spacial score (nSPS) is 19.0. The zero-order valence-corrected chi connectivity index (χ0v) is 22.7. The van der Waals surface area contributed by atoms with Gasteiger partial charge in [0, 0.05) is 41.6 Å². The molecule has 2 amide bonds. The fourth-order valence-electron chi connectivity index (χ4n) is 4.46. The van der Waals surface area contributed by atoms with Crippen LogP contribution in [0.3, 0.4) is 0 Å². The second kappa shape index (κ2) is 10.3. The second-order valence-electron chi connectivity index (χ2n) is 10.4. The maximum Gasteiger partial charge on any atom is 0.407 e. The molecule has 6 nitrogen and oxygen atoms in total. The molecule has 4 rings (SSSR count). The average molecular weight is 516 g/mol. The van der Waals surface area contributed by atoms with Gasteiger partial charge in [0.1, 0.15) is 5.60 Å². The fourth-order valence-corrected chi connectivity index (χ4v) is 5.97. The molecule has 0 saturated carbocycles. The molecule has 3 heterocycles. The molecular formula is C27H34ClN3O3S. The number of benzene rings is 1. The minimum atomic E-state index is -0.549. The van der Waals surface area contributed by atoms with Crippen molar-refractivity contribution in [1.82, 2.24) is 15.1 Å². The summed E-state index contributed by atoms with van der Waals surface area (Å²) in [7, 11) is 2.13. The zero-order valence-electron chi connectivity index (χ0n) is 21.1. The minimum Gasteiger partial charge on any atom is -0.444 e. The number of rotatable bonds is 4. The first-order valence-electron chi connectivity index (χ1n) is 12.1. The van der Waals surface area contributed by atoms with Crippen LogP contribution in [0.2, 0.25) is 5.02 Å². The maximum absolute atomic E-state index is 13.3. The Morgan fingerprint density at radius 1 is 1.20 bits per heavy atom. The Kier molecular flexibility index (Phi) is 7.60. The van der Waals surface area contributed by atoms with E-state index in [1.54, 1.807) is 0 Å². The van der Waals surface area contributed by atoms with E-state index >= 15 is 0 Å².